The smallest absolute Gasteiger partial charge is 0.193 e. The molecule has 0 aliphatic heterocycles. The number of benzene rings is 1. The maximum absolute atomic E-state index is 5.86. The fraction of sp³-hybridized carbons (Fsp3) is 0.333. The van der Waals surface area contributed by atoms with Crippen molar-refractivity contribution in [2.75, 3.05) is 11.9 Å². The number of aryl methyl sites for hydroxylation is 2. The lowest BCUT2D eigenvalue weighted by Gasteiger charge is -2.06. The van der Waals surface area contributed by atoms with Crippen LogP contribution in [0.3, 0.4) is 0 Å². The van der Waals surface area contributed by atoms with Gasteiger partial charge in [-0.05, 0) is 30.5 Å². The SMILES string of the molecule is CCc1ccc(NC(N)=NCCCn2ccnc2)cc1. The maximum Gasteiger partial charge on any atom is 0.193 e. The lowest BCUT2D eigenvalue weighted by molar-refractivity contribution is 0.650. The first-order chi connectivity index (χ1) is 9.78. The monoisotopic (exact) mass is 271 g/mol. The summed E-state index contributed by atoms with van der Waals surface area (Å²) in [4.78, 5) is 8.31. The van der Waals surface area contributed by atoms with Crippen LogP contribution in [-0.4, -0.2) is 22.1 Å². The van der Waals surface area contributed by atoms with Crippen LogP contribution in [0.25, 0.3) is 0 Å². The zero-order chi connectivity index (χ0) is 14.2. The molecule has 0 saturated carbocycles. The Morgan fingerprint density at radius 3 is 2.80 bits per heavy atom. The Kier molecular flexibility index (Phi) is 5.17. The van der Waals surface area contributed by atoms with Gasteiger partial charge in [0.2, 0.25) is 0 Å². The van der Waals surface area contributed by atoms with E-state index in [1.54, 1.807) is 12.5 Å². The molecule has 1 aromatic heterocycles. The first-order valence-electron chi connectivity index (χ1n) is 6.89. The quantitative estimate of drug-likeness (QED) is 0.481. The van der Waals surface area contributed by atoms with E-state index in [0.29, 0.717) is 12.5 Å². The van der Waals surface area contributed by atoms with Gasteiger partial charge < -0.3 is 15.6 Å². The van der Waals surface area contributed by atoms with Gasteiger partial charge in [-0.2, -0.15) is 0 Å². The fourth-order valence-electron chi connectivity index (χ4n) is 1.88. The molecule has 0 aliphatic rings. The van der Waals surface area contributed by atoms with Crippen LogP contribution in [-0.2, 0) is 13.0 Å². The summed E-state index contributed by atoms with van der Waals surface area (Å²) in [6.07, 6.45) is 7.51. The van der Waals surface area contributed by atoms with Gasteiger partial charge in [-0.15, -0.1) is 0 Å². The molecule has 1 heterocycles. The van der Waals surface area contributed by atoms with Crippen molar-refractivity contribution in [2.45, 2.75) is 26.3 Å². The van der Waals surface area contributed by atoms with Crippen LogP contribution in [0.2, 0.25) is 0 Å². The van der Waals surface area contributed by atoms with E-state index in [4.69, 9.17) is 5.73 Å². The maximum atomic E-state index is 5.86. The standard InChI is InChI=1S/C15H21N5/c1-2-13-4-6-14(7-5-13)19-15(16)18-8-3-10-20-11-9-17-12-20/h4-7,9,11-12H,2-3,8,10H2,1H3,(H3,16,18,19). The summed E-state index contributed by atoms with van der Waals surface area (Å²) in [6.45, 7) is 3.74. The second-order valence-corrected chi connectivity index (χ2v) is 4.60. The Bertz CT molecular complexity index is 528. The van der Waals surface area contributed by atoms with Gasteiger partial charge in [0.15, 0.2) is 5.96 Å². The highest BCUT2D eigenvalue weighted by molar-refractivity contribution is 5.92. The summed E-state index contributed by atoms with van der Waals surface area (Å²) in [5, 5.41) is 3.10. The van der Waals surface area contributed by atoms with Crippen molar-refractivity contribution in [2.24, 2.45) is 10.7 Å². The van der Waals surface area contributed by atoms with Gasteiger partial charge in [-0.3, -0.25) is 4.99 Å². The fourth-order valence-corrected chi connectivity index (χ4v) is 1.88. The molecule has 0 atom stereocenters. The molecule has 106 valence electrons. The van der Waals surface area contributed by atoms with Crippen molar-refractivity contribution < 1.29 is 0 Å². The van der Waals surface area contributed by atoms with E-state index in [-0.39, 0.29) is 0 Å². The van der Waals surface area contributed by atoms with Gasteiger partial charge >= 0.3 is 0 Å². The summed E-state index contributed by atoms with van der Waals surface area (Å²) >= 11 is 0. The lowest BCUT2D eigenvalue weighted by Crippen LogP contribution is -2.23. The Morgan fingerprint density at radius 2 is 2.15 bits per heavy atom. The Morgan fingerprint density at radius 1 is 1.35 bits per heavy atom. The van der Waals surface area contributed by atoms with Gasteiger partial charge in [0.25, 0.3) is 0 Å². The Balaban J connectivity index is 1.75. The minimum atomic E-state index is 0.458. The van der Waals surface area contributed by atoms with E-state index >= 15 is 0 Å². The molecule has 5 heteroatoms. The number of guanidine groups is 1. The molecule has 0 bridgehead atoms. The summed E-state index contributed by atoms with van der Waals surface area (Å²) in [6, 6.07) is 8.22. The number of rotatable bonds is 6. The number of nitrogens with two attached hydrogens (primary N) is 1. The molecule has 3 N–H and O–H groups in total. The number of aromatic nitrogens is 2. The van der Waals surface area contributed by atoms with Gasteiger partial charge in [0.05, 0.1) is 6.33 Å². The van der Waals surface area contributed by atoms with Crippen molar-refractivity contribution in [3.8, 4) is 0 Å². The molecule has 0 unspecified atom stereocenters. The Hall–Kier alpha value is -2.30. The molecule has 0 amide bonds. The predicted octanol–water partition coefficient (Wildman–Crippen LogP) is 2.26. The number of imidazole rings is 1. The van der Waals surface area contributed by atoms with Crippen molar-refractivity contribution in [3.63, 3.8) is 0 Å². The molecule has 0 aliphatic carbocycles. The molecule has 2 rings (SSSR count). The van der Waals surface area contributed by atoms with Crippen LogP contribution >= 0.6 is 0 Å². The first kappa shape index (κ1) is 14.1. The van der Waals surface area contributed by atoms with Crippen molar-refractivity contribution in [3.05, 3.63) is 48.5 Å². The van der Waals surface area contributed by atoms with E-state index < -0.39 is 0 Å². The second-order valence-electron chi connectivity index (χ2n) is 4.60. The zero-order valence-electron chi connectivity index (χ0n) is 11.8. The van der Waals surface area contributed by atoms with Crippen molar-refractivity contribution in [1.82, 2.24) is 9.55 Å². The van der Waals surface area contributed by atoms with Crippen LogP contribution < -0.4 is 11.1 Å². The van der Waals surface area contributed by atoms with E-state index in [1.165, 1.54) is 5.56 Å². The van der Waals surface area contributed by atoms with Gasteiger partial charge in [-0.25, -0.2) is 4.98 Å². The molecule has 5 nitrogen and oxygen atoms in total. The van der Waals surface area contributed by atoms with Crippen LogP contribution in [0.15, 0.2) is 48.0 Å². The topological polar surface area (TPSA) is 68.2 Å². The van der Waals surface area contributed by atoms with E-state index in [0.717, 1.165) is 25.1 Å². The van der Waals surface area contributed by atoms with Gasteiger partial charge in [0, 0.05) is 31.2 Å². The molecule has 20 heavy (non-hydrogen) atoms. The lowest BCUT2D eigenvalue weighted by atomic mass is 10.1. The van der Waals surface area contributed by atoms with Crippen molar-refractivity contribution >= 4 is 11.6 Å². The molecule has 0 radical (unpaired) electrons. The van der Waals surface area contributed by atoms with Gasteiger partial charge in [-0.1, -0.05) is 19.1 Å². The van der Waals surface area contributed by atoms with Crippen molar-refractivity contribution in [1.29, 1.82) is 0 Å². The third kappa shape index (κ3) is 4.42. The number of hydrogen-bond donors (Lipinski definition) is 2. The highest BCUT2D eigenvalue weighted by Crippen LogP contribution is 2.09. The molecular weight excluding hydrogens is 250 g/mol. The van der Waals surface area contributed by atoms with Gasteiger partial charge in [0.1, 0.15) is 0 Å². The molecular formula is C15H21N5. The third-order valence-electron chi connectivity index (χ3n) is 3.05. The first-order valence-corrected chi connectivity index (χ1v) is 6.89. The summed E-state index contributed by atoms with van der Waals surface area (Å²) in [5.41, 5.74) is 8.14. The number of nitrogens with one attached hydrogen (secondary N) is 1. The average molecular weight is 271 g/mol. The molecule has 2 aromatic rings. The predicted molar refractivity (Wildman–Crippen MR) is 82.8 cm³/mol. The van der Waals surface area contributed by atoms with Crippen LogP contribution in [0, 0.1) is 0 Å². The zero-order valence-corrected chi connectivity index (χ0v) is 11.8. The van der Waals surface area contributed by atoms with E-state index in [9.17, 15) is 0 Å². The highest BCUT2D eigenvalue weighted by atomic mass is 15.1. The summed E-state index contributed by atoms with van der Waals surface area (Å²) in [5.74, 6) is 0.458. The number of hydrogen-bond acceptors (Lipinski definition) is 2. The van der Waals surface area contributed by atoms with Crippen LogP contribution in [0.1, 0.15) is 18.9 Å². The summed E-state index contributed by atoms with van der Waals surface area (Å²) < 4.78 is 2.03. The molecule has 0 spiro atoms. The molecule has 0 fully saturated rings. The minimum Gasteiger partial charge on any atom is -0.370 e. The molecule has 1 aromatic carbocycles. The number of anilines is 1. The Labute approximate surface area is 119 Å². The second kappa shape index (κ2) is 7.33. The minimum absolute atomic E-state index is 0.458. The van der Waals surface area contributed by atoms with Crippen LogP contribution in [0.4, 0.5) is 5.69 Å². The number of aliphatic imine (C=N–C) groups is 1. The highest BCUT2D eigenvalue weighted by Gasteiger charge is 1.96. The summed E-state index contributed by atoms with van der Waals surface area (Å²) in [7, 11) is 0. The normalized spacial score (nSPS) is 11.6. The van der Waals surface area contributed by atoms with E-state index in [2.05, 4.69) is 34.3 Å². The largest absolute Gasteiger partial charge is 0.370 e. The third-order valence-corrected chi connectivity index (χ3v) is 3.05. The average Bonchev–Trinajstić information content (AvgIpc) is 2.98. The van der Waals surface area contributed by atoms with E-state index in [1.807, 2.05) is 22.9 Å². The van der Waals surface area contributed by atoms with Crippen LogP contribution in [0.5, 0.6) is 0 Å². The molecule has 0 saturated heterocycles. The number of nitrogens with zero attached hydrogens (tertiary/aromatic N) is 3.